The van der Waals surface area contributed by atoms with Crippen molar-refractivity contribution in [3.63, 3.8) is 0 Å². The molecule has 168 valence electrons. The van der Waals surface area contributed by atoms with Crippen molar-refractivity contribution in [2.75, 3.05) is 11.9 Å². The van der Waals surface area contributed by atoms with E-state index < -0.39 is 53.3 Å². The molecule has 0 aliphatic carbocycles. The zero-order chi connectivity index (χ0) is 23.4. The fraction of sp³-hybridized carbons (Fsp3) is 0.263. The molecule has 1 unspecified atom stereocenters. The van der Waals surface area contributed by atoms with Gasteiger partial charge in [-0.15, -0.1) is 0 Å². The summed E-state index contributed by atoms with van der Waals surface area (Å²) in [6.07, 6.45) is -10.4. The summed E-state index contributed by atoms with van der Waals surface area (Å²) in [5, 5.41) is 2.97. The average molecular weight is 469 g/mol. The number of ether oxygens (including phenoxy) is 1. The maximum atomic E-state index is 14.1. The SMILES string of the molecule is CCOC(=O)C(NC(=O)c1ccccc1Cl)(Nc1cccc(C(F)(F)F)c1)C(F)(F)F. The van der Waals surface area contributed by atoms with Crippen molar-refractivity contribution >= 4 is 29.2 Å². The van der Waals surface area contributed by atoms with E-state index in [1.165, 1.54) is 30.4 Å². The van der Waals surface area contributed by atoms with Crippen molar-refractivity contribution in [2.24, 2.45) is 0 Å². The van der Waals surface area contributed by atoms with E-state index >= 15 is 0 Å². The lowest BCUT2D eigenvalue weighted by molar-refractivity contribution is -0.204. The smallest absolute Gasteiger partial charge is 0.441 e. The number of amides is 1. The fourth-order valence-corrected chi connectivity index (χ4v) is 2.72. The zero-order valence-electron chi connectivity index (χ0n) is 15.7. The molecule has 2 aromatic rings. The van der Waals surface area contributed by atoms with Gasteiger partial charge in [0.15, 0.2) is 0 Å². The first-order valence-corrected chi connectivity index (χ1v) is 8.96. The fourth-order valence-electron chi connectivity index (χ4n) is 2.50. The van der Waals surface area contributed by atoms with Gasteiger partial charge in [0.25, 0.3) is 5.91 Å². The van der Waals surface area contributed by atoms with Crippen molar-refractivity contribution in [1.82, 2.24) is 5.32 Å². The Hall–Kier alpha value is -2.95. The van der Waals surface area contributed by atoms with Gasteiger partial charge in [0.1, 0.15) is 0 Å². The van der Waals surface area contributed by atoms with E-state index in [-0.39, 0.29) is 5.02 Å². The molecule has 1 amide bonds. The van der Waals surface area contributed by atoms with Gasteiger partial charge in [0, 0.05) is 5.69 Å². The Morgan fingerprint density at radius 1 is 1.00 bits per heavy atom. The topological polar surface area (TPSA) is 67.4 Å². The molecule has 2 rings (SSSR count). The number of hydrogen-bond acceptors (Lipinski definition) is 4. The van der Waals surface area contributed by atoms with Gasteiger partial charge in [-0.1, -0.05) is 29.8 Å². The van der Waals surface area contributed by atoms with E-state index in [1.807, 2.05) is 0 Å². The lowest BCUT2D eigenvalue weighted by Gasteiger charge is -2.35. The van der Waals surface area contributed by atoms with Crippen molar-refractivity contribution in [1.29, 1.82) is 0 Å². The second kappa shape index (κ2) is 9.04. The van der Waals surface area contributed by atoms with E-state index in [0.29, 0.717) is 12.1 Å². The summed E-state index contributed by atoms with van der Waals surface area (Å²) < 4.78 is 85.7. The molecule has 0 radical (unpaired) electrons. The van der Waals surface area contributed by atoms with Gasteiger partial charge in [0.05, 0.1) is 22.8 Å². The van der Waals surface area contributed by atoms with Crippen LogP contribution < -0.4 is 10.6 Å². The summed E-state index contributed by atoms with van der Waals surface area (Å²) in [5.74, 6) is -3.38. The summed E-state index contributed by atoms with van der Waals surface area (Å²) in [6.45, 7) is 0.724. The first kappa shape index (κ1) is 24.3. The Balaban J connectivity index is 2.58. The van der Waals surface area contributed by atoms with Gasteiger partial charge in [-0.05, 0) is 37.3 Å². The number of carbonyl (C=O) groups excluding carboxylic acids is 2. The number of nitrogens with one attached hydrogen (secondary N) is 2. The Kier molecular flexibility index (Phi) is 7.10. The molecule has 0 aliphatic rings. The summed E-state index contributed by atoms with van der Waals surface area (Å²) in [7, 11) is 0. The lowest BCUT2D eigenvalue weighted by atomic mass is 10.1. The van der Waals surface area contributed by atoms with E-state index in [9.17, 15) is 35.9 Å². The van der Waals surface area contributed by atoms with E-state index in [4.69, 9.17) is 11.6 Å². The van der Waals surface area contributed by atoms with Crippen LogP contribution in [0.1, 0.15) is 22.8 Å². The van der Waals surface area contributed by atoms with Crippen LogP contribution in [0.2, 0.25) is 5.02 Å². The summed E-state index contributed by atoms with van der Waals surface area (Å²) >= 11 is 5.83. The molecule has 12 heteroatoms. The minimum Gasteiger partial charge on any atom is -0.463 e. The van der Waals surface area contributed by atoms with Crippen molar-refractivity contribution in [3.8, 4) is 0 Å². The molecule has 0 saturated carbocycles. The Bertz CT molecular complexity index is 964. The summed E-state index contributed by atoms with van der Waals surface area (Å²) in [6, 6.07) is 7.78. The van der Waals surface area contributed by atoms with Crippen LogP contribution >= 0.6 is 11.6 Å². The van der Waals surface area contributed by atoms with Gasteiger partial charge >= 0.3 is 24.0 Å². The average Bonchev–Trinajstić information content (AvgIpc) is 2.66. The Morgan fingerprint density at radius 3 is 2.19 bits per heavy atom. The second-order valence-corrected chi connectivity index (χ2v) is 6.51. The first-order chi connectivity index (χ1) is 14.3. The number of hydrogen-bond donors (Lipinski definition) is 2. The highest BCUT2D eigenvalue weighted by atomic mass is 35.5. The monoisotopic (exact) mass is 468 g/mol. The van der Waals surface area contributed by atoms with E-state index in [0.717, 1.165) is 18.2 Å². The molecule has 1 atom stereocenters. The van der Waals surface area contributed by atoms with Crippen LogP contribution in [0.15, 0.2) is 48.5 Å². The van der Waals surface area contributed by atoms with Gasteiger partial charge in [0.2, 0.25) is 0 Å². The Labute approximate surface area is 177 Å². The van der Waals surface area contributed by atoms with E-state index in [1.54, 1.807) is 5.32 Å². The first-order valence-electron chi connectivity index (χ1n) is 8.58. The highest BCUT2D eigenvalue weighted by Crippen LogP contribution is 2.36. The molecule has 0 aromatic heterocycles. The number of benzene rings is 2. The predicted octanol–water partition coefficient (Wildman–Crippen LogP) is 5.02. The van der Waals surface area contributed by atoms with Crippen LogP contribution in [0.3, 0.4) is 0 Å². The lowest BCUT2D eigenvalue weighted by Crippen LogP contribution is -2.69. The number of carbonyl (C=O) groups is 2. The number of anilines is 1. The standard InChI is InChI=1S/C19H15ClF6N2O3/c1-2-31-16(30)17(19(24,25)26,28-15(29)13-8-3-4-9-14(13)20)27-12-7-5-6-11(10-12)18(21,22)23/h3-10,27H,2H2,1H3,(H,28,29). The van der Waals surface area contributed by atoms with E-state index in [2.05, 4.69) is 4.74 Å². The summed E-state index contributed by atoms with van der Waals surface area (Å²) in [4.78, 5) is 24.9. The van der Waals surface area contributed by atoms with Crippen LogP contribution in [0.5, 0.6) is 0 Å². The van der Waals surface area contributed by atoms with Gasteiger partial charge in [-0.25, -0.2) is 4.79 Å². The van der Waals surface area contributed by atoms with Crippen LogP contribution in [0, 0.1) is 0 Å². The Morgan fingerprint density at radius 2 is 1.65 bits per heavy atom. The van der Waals surface area contributed by atoms with Gasteiger partial charge in [-0.2, -0.15) is 26.3 Å². The number of alkyl halides is 6. The molecule has 0 heterocycles. The van der Waals surface area contributed by atoms with Crippen LogP contribution in [0.25, 0.3) is 0 Å². The van der Waals surface area contributed by atoms with Crippen LogP contribution in [-0.4, -0.2) is 30.3 Å². The number of esters is 1. The van der Waals surface area contributed by atoms with Crippen molar-refractivity contribution < 1.29 is 40.7 Å². The zero-order valence-corrected chi connectivity index (χ0v) is 16.5. The largest absolute Gasteiger partial charge is 0.463 e. The molecule has 0 saturated heterocycles. The molecule has 31 heavy (non-hydrogen) atoms. The van der Waals surface area contributed by atoms with Crippen molar-refractivity contribution in [2.45, 2.75) is 24.9 Å². The number of halogens is 7. The molecule has 0 aliphatic heterocycles. The highest BCUT2D eigenvalue weighted by Gasteiger charge is 2.63. The molecular formula is C19H15ClF6N2O3. The van der Waals surface area contributed by atoms with Gasteiger partial charge < -0.3 is 15.4 Å². The molecule has 2 N–H and O–H groups in total. The third-order valence-corrected chi connectivity index (χ3v) is 4.28. The molecule has 2 aromatic carbocycles. The molecular weight excluding hydrogens is 454 g/mol. The molecule has 0 fully saturated rings. The van der Waals surface area contributed by atoms with Gasteiger partial charge in [-0.3, -0.25) is 4.79 Å². The molecule has 0 spiro atoms. The highest BCUT2D eigenvalue weighted by molar-refractivity contribution is 6.33. The van der Waals surface area contributed by atoms with Crippen molar-refractivity contribution in [3.05, 3.63) is 64.7 Å². The number of rotatable bonds is 6. The maximum Gasteiger partial charge on any atom is 0.441 e. The minimum absolute atomic E-state index is 0.209. The predicted molar refractivity (Wildman–Crippen MR) is 99.4 cm³/mol. The minimum atomic E-state index is -5.52. The van der Waals surface area contributed by atoms with Crippen LogP contribution in [0.4, 0.5) is 32.0 Å². The third kappa shape index (κ3) is 5.40. The quantitative estimate of drug-likeness (QED) is 0.355. The van der Waals surface area contributed by atoms with Crippen LogP contribution in [-0.2, 0) is 15.7 Å². The third-order valence-electron chi connectivity index (χ3n) is 3.95. The second-order valence-electron chi connectivity index (χ2n) is 6.11. The maximum absolute atomic E-state index is 14.1. The molecule has 5 nitrogen and oxygen atoms in total. The normalized spacial score (nSPS) is 13.8. The molecule has 0 bridgehead atoms. The summed E-state index contributed by atoms with van der Waals surface area (Å²) in [5.41, 5.74) is -6.30.